The van der Waals surface area contributed by atoms with Crippen molar-refractivity contribution in [1.82, 2.24) is 10.3 Å². The molecular formula is C16H21N3O2. The van der Waals surface area contributed by atoms with Gasteiger partial charge in [0.15, 0.2) is 0 Å². The number of hydrogen-bond acceptors (Lipinski definition) is 3. The van der Waals surface area contributed by atoms with Gasteiger partial charge in [-0.1, -0.05) is 42.7 Å². The normalized spacial score (nSPS) is 15.8. The molecule has 112 valence electrons. The highest BCUT2D eigenvalue weighted by molar-refractivity contribution is 6.35. The minimum Gasteiger partial charge on any atom is -0.334 e. The quantitative estimate of drug-likeness (QED) is 0.512. The van der Waals surface area contributed by atoms with Gasteiger partial charge in [0.05, 0.1) is 6.21 Å². The van der Waals surface area contributed by atoms with E-state index in [1.807, 2.05) is 31.2 Å². The number of carbonyl (C=O) groups excluding carboxylic acids is 2. The summed E-state index contributed by atoms with van der Waals surface area (Å²) >= 11 is 0. The molecular weight excluding hydrogens is 266 g/mol. The van der Waals surface area contributed by atoms with Crippen LogP contribution in [0.3, 0.4) is 0 Å². The second kappa shape index (κ2) is 7.57. The van der Waals surface area contributed by atoms with E-state index in [2.05, 4.69) is 10.5 Å². The van der Waals surface area contributed by atoms with Gasteiger partial charge in [-0.15, -0.1) is 0 Å². The van der Waals surface area contributed by atoms with Crippen molar-refractivity contribution < 1.29 is 9.59 Å². The zero-order valence-electron chi connectivity index (χ0n) is 12.3. The maximum atomic E-state index is 12.0. The summed E-state index contributed by atoms with van der Waals surface area (Å²) in [7, 11) is 0. The molecule has 2 amide bonds. The van der Waals surface area contributed by atoms with Crippen molar-refractivity contribution in [2.45, 2.75) is 32.6 Å². The summed E-state index contributed by atoms with van der Waals surface area (Å²) in [6, 6.07) is 7.74. The average Bonchev–Trinajstić information content (AvgIpc) is 2.77. The number of likely N-dealkylation sites (tertiary alicyclic amines) is 1. The van der Waals surface area contributed by atoms with Crippen LogP contribution in [0.25, 0.3) is 0 Å². The number of nitrogens with zero attached hydrogens (tertiary/aromatic N) is 2. The zero-order valence-corrected chi connectivity index (χ0v) is 12.3. The molecule has 1 aromatic rings. The molecule has 1 N–H and O–H groups in total. The molecule has 0 atom stereocenters. The van der Waals surface area contributed by atoms with E-state index in [1.54, 1.807) is 4.90 Å². The lowest BCUT2D eigenvalue weighted by Crippen LogP contribution is -2.41. The second-order valence-electron chi connectivity index (χ2n) is 5.32. The Bertz CT molecular complexity index is 515. The summed E-state index contributed by atoms with van der Waals surface area (Å²) in [5.74, 6) is -1.15. The van der Waals surface area contributed by atoms with Crippen molar-refractivity contribution in [1.29, 1.82) is 0 Å². The van der Waals surface area contributed by atoms with Crippen molar-refractivity contribution in [2.24, 2.45) is 5.10 Å². The summed E-state index contributed by atoms with van der Waals surface area (Å²) in [4.78, 5) is 25.4. The van der Waals surface area contributed by atoms with E-state index in [4.69, 9.17) is 0 Å². The van der Waals surface area contributed by atoms with Crippen molar-refractivity contribution in [3.63, 3.8) is 0 Å². The first-order chi connectivity index (χ1) is 10.2. The van der Waals surface area contributed by atoms with Crippen LogP contribution in [-0.2, 0) is 9.59 Å². The molecule has 1 heterocycles. The molecule has 0 aliphatic carbocycles. The third-order valence-electron chi connectivity index (χ3n) is 3.54. The van der Waals surface area contributed by atoms with E-state index in [0.29, 0.717) is 13.1 Å². The first kappa shape index (κ1) is 15.2. The van der Waals surface area contributed by atoms with Crippen LogP contribution in [0.15, 0.2) is 29.4 Å². The molecule has 2 rings (SSSR count). The highest BCUT2D eigenvalue weighted by Gasteiger charge is 2.21. The van der Waals surface area contributed by atoms with Gasteiger partial charge in [-0.3, -0.25) is 9.59 Å². The van der Waals surface area contributed by atoms with Crippen LogP contribution in [0.4, 0.5) is 0 Å². The smallest absolute Gasteiger partial charge is 0.329 e. The molecule has 1 aliphatic heterocycles. The van der Waals surface area contributed by atoms with Crippen molar-refractivity contribution in [3.8, 4) is 0 Å². The van der Waals surface area contributed by atoms with Crippen LogP contribution in [0.2, 0.25) is 0 Å². The monoisotopic (exact) mass is 287 g/mol. The topological polar surface area (TPSA) is 61.8 Å². The van der Waals surface area contributed by atoms with E-state index in [9.17, 15) is 9.59 Å². The molecule has 5 nitrogen and oxygen atoms in total. The number of nitrogens with one attached hydrogen (secondary N) is 1. The Morgan fingerprint density at radius 1 is 1.10 bits per heavy atom. The van der Waals surface area contributed by atoms with Crippen LogP contribution in [-0.4, -0.2) is 36.0 Å². The highest BCUT2D eigenvalue weighted by atomic mass is 16.2. The fraction of sp³-hybridized carbons (Fsp3) is 0.438. The van der Waals surface area contributed by atoms with Crippen molar-refractivity contribution in [2.75, 3.05) is 13.1 Å². The largest absolute Gasteiger partial charge is 0.334 e. The molecule has 1 saturated heterocycles. The predicted octanol–water partition coefficient (Wildman–Crippen LogP) is 1.85. The number of aryl methyl sites for hydroxylation is 1. The van der Waals surface area contributed by atoms with Gasteiger partial charge in [-0.05, 0) is 25.3 Å². The average molecular weight is 287 g/mol. The number of amides is 2. The predicted molar refractivity (Wildman–Crippen MR) is 82.0 cm³/mol. The SMILES string of the molecule is Cc1ccc(/C=N\NC(=O)C(=O)N2CCCCCC2)cc1. The van der Waals surface area contributed by atoms with Crippen LogP contribution in [0.5, 0.6) is 0 Å². The van der Waals surface area contributed by atoms with Gasteiger partial charge in [0.2, 0.25) is 0 Å². The number of benzene rings is 1. The molecule has 0 radical (unpaired) electrons. The highest BCUT2D eigenvalue weighted by Crippen LogP contribution is 2.09. The molecule has 21 heavy (non-hydrogen) atoms. The van der Waals surface area contributed by atoms with Crippen LogP contribution in [0.1, 0.15) is 36.8 Å². The lowest BCUT2D eigenvalue weighted by atomic mass is 10.2. The number of hydrazone groups is 1. The minimum atomic E-state index is -0.666. The standard InChI is InChI=1S/C16H21N3O2/c1-13-6-8-14(9-7-13)12-17-18-15(20)16(21)19-10-4-2-3-5-11-19/h6-9,12H,2-5,10-11H2,1H3,(H,18,20)/b17-12-. The zero-order chi connectivity index (χ0) is 15.1. The Morgan fingerprint density at radius 3 is 2.33 bits per heavy atom. The van der Waals surface area contributed by atoms with Gasteiger partial charge in [-0.2, -0.15) is 5.10 Å². The fourth-order valence-corrected chi connectivity index (χ4v) is 2.28. The first-order valence-corrected chi connectivity index (χ1v) is 7.36. The third kappa shape index (κ3) is 4.70. The summed E-state index contributed by atoms with van der Waals surface area (Å²) in [6.07, 6.45) is 5.71. The molecule has 5 heteroatoms. The summed E-state index contributed by atoms with van der Waals surface area (Å²) < 4.78 is 0. The van der Waals surface area contributed by atoms with Gasteiger partial charge in [0, 0.05) is 13.1 Å². The van der Waals surface area contributed by atoms with Crippen LogP contribution in [0, 0.1) is 6.92 Å². The van der Waals surface area contributed by atoms with E-state index < -0.39 is 11.8 Å². The summed E-state index contributed by atoms with van der Waals surface area (Å²) in [5.41, 5.74) is 4.34. The molecule has 0 spiro atoms. The van der Waals surface area contributed by atoms with E-state index in [-0.39, 0.29) is 0 Å². The van der Waals surface area contributed by atoms with E-state index in [1.165, 1.54) is 6.21 Å². The third-order valence-corrected chi connectivity index (χ3v) is 3.54. The number of carbonyl (C=O) groups is 2. The second-order valence-corrected chi connectivity index (χ2v) is 5.32. The lowest BCUT2D eigenvalue weighted by Gasteiger charge is -2.18. The van der Waals surface area contributed by atoms with E-state index >= 15 is 0 Å². The Kier molecular flexibility index (Phi) is 5.49. The Balaban J connectivity index is 1.85. The van der Waals surface area contributed by atoms with Gasteiger partial charge in [-0.25, -0.2) is 5.43 Å². The van der Waals surface area contributed by atoms with Crippen LogP contribution < -0.4 is 5.43 Å². The number of hydrogen-bond donors (Lipinski definition) is 1. The Morgan fingerprint density at radius 2 is 1.71 bits per heavy atom. The maximum absolute atomic E-state index is 12.0. The molecule has 0 saturated carbocycles. The lowest BCUT2D eigenvalue weighted by molar-refractivity contribution is -0.145. The molecule has 1 aliphatic rings. The first-order valence-electron chi connectivity index (χ1n) is 7.36. The van der Waals surface area contributed by atoms with Crippen LogP contribution >= 0.6 is 0 Å². The van der Waals surface area contributed by atoms with E-state index in [0.717, 1.165) is 36.8 Å². The Hall–Kier alpha value is -2.17. The minimum absolute atomic E-state index is 0.488. The molecule has 1 fully saturated rings. The van der Waals surface area contributed by atoms with Gasteiger partial charge in [0.1, 0.15) is 0 Å². The molecule has 0 bridgehead atoms. The summed E-state index contributed by atoms with van der Waals surface area (Å²) in [5, 5.41) is 3.84. The van der Waals surface area contributed by atoms with Gasteiger partial charge in [0.25, 0.3) is 0 Å². The summed E-state index contributed by atoms with van der Waals surface area (Å²) in [6.45, 7) is 3.32. The van der Waals surface area contributed by atoms with Crippen molar-refractivity contribution in [3.05, 3.63) is 35.4 Å². The fourth-order valence-electron chi connectivity index (χ4n) is 2.28. The number of rotatable bonds is 2. The Labute approximate surface area is 125 Å². The maximum Gasteiger partial charge on any atom is 0.329 e. The molecule has 0 aromatic heterocycles. The molecule has 1 aromatic carbocycles. The molecule has 0 unspecified atom stereocenters. The van der Waals surface area contributed by atoms with Gasteiger partial charge < -0.3 is 4.90 Å². The van der Waals surface area contributed by atoms with Crippen molar-refractivity contribution >= 4 is 18.0 Å². The van der Waals surface area contributed by atoms with Gasteiger partial charge >= 0.3 is 11.8 Å².